The summed E-state index contributed by atoms with van der Waals surface area (Å²) in [7, 11) is 0. The highest BCUT2D eigenvalue weighted by atomic mass is 16.5. The Hall–Kier alpha value is -0.870. The number of carbonyl (C=O) groups is 1. The second-order valence-corrected chi connectivity index (χ2v) is 6.73. The fourth-order valence-electron chi connectivity index (χ4n) is 4.12. The molecule has 1 fully saturated rings. The van der Waals surface area contributed by atoms with Crippen LogP contribution in [0.2, 0.25) is 0 Å². The molecule has 2 N–H and O–H groups in total. The summed E-state index contributed by atoms with van der Waals surface area (Å²) in [5.74, 6) is -0.250. The third-order valence-electron chi connectivity index (χ3n) is 5.07. The fraction of sp³-hybridized carbons (Fsp3) is 0.786. The molecule has 1 heterocycles. The molecule has 3 rings (SSSR count). The molecule has 0 spiro atoms. The number of esters is 1. The van der Waals surface area contributed by atoms with Crippen LogP contribution in [0.1, 0.15) is 33.6 Å². The van der Waals surface area contributed by atoms with Gasteiger partial charge in [0.05, 0.1) is 11.7 Å². The Morgan fingerprint density at radius 3 is 2.72 bits per heavy atom. The first-order valence-electron chi connectivity index (χ1n) is 6.59. The molecule has 4 heteroatoms. The van der Waals surface area contributed by atoms with Gasteiger partial charge in [-0.1, -0.05) is 20.8 Å². The Labute approximate surface area is 107 Å². The second-order valence-electron chi connectivity index (χ2n) is 6.73. The standard InChI is InChI=1S/C14H20O4/c1-7-4-8-5-13(2,3)12(16)14(8,17)10-9(7)6-18-11(10)15/h7-8,12,16-17H,4-6H2,1-3H3. The lowest BCUT2D eigenvalue weighted by Gasteiger charge is -2.39. The molecule has 18 heavy (non-hydrogen) atoms. The lowest BCUT2D eigenvalue weighted by atomic mass is 9.69. The molecule has 0 radical (unpaired) electrons. The van der Waals surface area contributed by atoms with Crippen LogP contribution in [-0.2, 0) is 9.53 Å². The van der Waals surface area contributed by atoms with Crippen molar-refractivity contribution in [1.29, 1.82) is 0 Å². The molecular weight excluding hydrogens is 232 g/mol. The minimum Gasteiger partial charge on any atom is -0.458 e. The minimum atomic E-state index is -1.40. The van der Waals surface area contributed by atoms with Crippen molar-refractivity contribution in [2.45, 2.75) is 45.3 Å². The van der Waals surface area contributed by atoms with Crippen LogP contribution in [0.5, 0.6) is 0 Å². The van der Waals surface area contributed by atoms with Crippen LogP contribution in [0.25, 0.3) is 0 Å². The van der Waals surface area contributed by atoms with E-state index in [4.69, 9.17) is 4.74 Å². The number of ether oxygens (including phenoxy) is 1. The van der Waals surface area contributed by atoms with E-state index in [0.717, 1.165) is 18.4 Å². The van der Waals surface area contributed by atoms with Gasteiger partial charge in [0.25, 0.3) is 0 Å². The van der Waals surface area contributed by atoms with Crippen molar-refractivity contribution >= 4 is 5.97 Å². The van der Waals surface area contributed by atoms with Crippen molar-refractivity contribution in [3.8, 4) is 0 Å². The minimum absolute atomic E-state index is 0.0538. The molecule has 1 aliphatic heterocycles. The van der Waals surface area contributed by atoms with Gasteiger partial charge in [0, 0.05) is 0 Å². The lowest BCUT2D eigenvalue weighted by molar-refractivity contribution is -0.142. The summed E-state index contributed by atoms with van der Waals surface area (Å²) in [5, 5.41) is 21.4. The van der Waals surface area contributed by atoms with Crippen LogP contribution in [-0.4, -0.2) is 34.5 Å². The zero-order chi connectivity index (χ0) is 13.3. The van der Waals surface area contributed by atoms with E-state index < -0.39 is 17.7 Å². The molecule has 2 aliphatic carbocycles. The summed E-state index contributed by atoms with van der Waals surface area (Å²) in [5.41, 5.74) is -0.538. The van der Waals surface area contributed by atoms with Crippen molar-refractivity contribution in [1.82, 2.24) is 0 Å². The number of aliphatic hydroxyl groups excluding tert-OH is 1. The van der Waals surface area contributed by atoms with Crippen molar-refractivity contribution < 1.29 is 19.7 Å². The van der Waals surface area contributed by atoms with E-state index in [1.54, 1.807) is 0 Å². The molecule has 1 saturated carbocycles. The zero-order valence-electron chi connectivity index (χ0n) is 11.1. The number of cyclic esters (lactones) is 1. The molecule has 0 aromatic carbocycles. The smallest absolute Gasteiger partial charge is 0.337 e. The first-order valence-corrected chi connectivity index (χ1v) is 6.59. The summed E-state index contributed by atoms with van der Waals surface area (Å²) in [6.45, 7) is 6.23. The van der Waals surface area contributed by atoms with Crippen molar-refractivity contribution in [2.75, 3.05) is 6.61 Å². The monoisotopic (exact) mass is 252 g/mol. The molecule has 0 aromatic heterocycles. The van der Waals surface area contributed by atoms with Crippen molar-refractivity contribution in [2.24, 2.45) is 17.3 Å². The molecule has 3 aliphatic rings. The van der Waals surface area contributed by atoms with E-state index in [0.29, 0.717) is 5.57 Å². The zero-order valence-corrected chi connectivity index (χ0v) is 11.1. The first-order chi connectivity index (χ1) is 8.28. The van der Waals surface area contributed by atoms with E-state index in [1.807, 2.05) is 13.8 Å². The summed E-state index contributed by atoms with van der Waals surface area (Å²) >= 11 is 0. The van der Waals surface area contributed by atoms with Gasteiger partial charge in [-0.2, -0.15) is 0 Å². The lowest BCUT2D eigenvalue weighted by Crippen LogP contribution is -2.52. The number of rotatable bonds is 0. The van der Waals surface area contributed by atoms with E-state index in [2.05, 4.69) is 6.92 Å². The predicted molar refractivity (Wildman–Crippen MR) is 64.6 cm³/mol. The van der Waals surface area contributed by atoms with Crippen LogP contribution in [0.3, 0.4) is 0 Å². The fourth-order valence-corrected chi connectivity index (χ4v) is 4.12. The van der Waals surface area contributed by atoms with Gasteiger partial charge in [-0.15, -0.1) is 0 Å². The normalized spacial score (nSPS) is 45.8. The average molecular weight is 252 g/mol. The maximum Gasteiger partial charge on any atom is 0.337 e. The highest BCUT2D eigenvalue weighted by molar-refractivity contribution is 5.95. The van der Waals surface area contributed by atoms with Crippen LogP contribution >= 0.6 is 0 Å². The molecule has 0 amide bonds. The van der Waals surface area contributed by atoms with Gasteiger partial charge in [0.2, 0.25) is 0 Å². The summed E-state index contributed by atoms with van der Waals surface area (Å²) in [4.78, 5) is 11.9. The van der Waals surface area contributed by atoms with Gasteiger partial charge in [0.1, 0.15) is 12.2 Å². The van der Waals surface area contributed by atoms with Crippen LogP contribution in [0.4, 0.5) is 0 Å². The van der Waals surface area contributed by atoms with E-state index in [9.17, 15) is 15.0 Å². The molecule has 100 valence electrons. The Kier molecular flexibility index (Phi) is 2.28. The largest absolute Gasteiger partial charge is 0.458 e. The van der Waals surface area contributed by atoms with Crippen LogP contribution in [0.15, 0.2) is 11.1 Å². The maximum atomic E-state index is 11.9. The highest BCUT2D eigenvalue weighted by Crippen LogP contribution is 2.57. The molecule has 4 nitrogen and oxygen atoms in total. The Balaban J connectivity index is 2.16. The SMILES string of the molecule is CC1CC2CC(C)(C)C(O)C2(O)C2=C1COC2=O. The third kappa shape index (κ3) is 1.25. The second kappa shape index (κ2) is 3.36. The number of fused-ring (bicyclic) bond motifs is 2. The summed E-state index contributed by atoms with van der Waals surface area (Å²) < 4.78 is 5.08. The third-order valence-corrected chi connectivity index (χ3v) is 5.07. The molecule has 0 bridgehead atoms. The Morgan fingerprint density at radius 1 is 1.39 bits per heavy atom. The molecule has 4 atom stereocenters. The molecule has 4 unspecified atom stereocenters. The predicted octanol–water partition coefficient (Wildman–Crippen LogP) is 1.02. The average Bonchev–Trinajstić information content (AvgIpc) is 2.73. The van der Waals surface area contributed by atoms with Gasteiger partial charge in [-0.25, -0.2) is 4.79 Å². The number of hydrogen-bond donors (Lipinski definition) is 2. The number of hydrogen-bond acceptors (Lipinski definition) is 4. The van der Waals surface area contributed by atoms with Crippen LogP contribution in [0, 0.1) is 17.3 Å². The van der Waals surface area contributed by atoms with E-state index in [1.165, 1.54) is 0 Å². The molecule has 0 saturated heterocycles. The molecular formula is C14H20O4. The van der Waals surface area contributed by atoms with Gasteiger partial charge in [-0.3, -0.25) is 0 Å². The summed E-state index contributed by atoms with van der Waals surface area (Å²) in [6, 6.07) is 0. The first kappa shape index (κ1) is 12.2. The maximum absolute atomic E-state index is 11.9. The van der Waals surface area contributed by atoms with Crippen molar-refractivity contribution in [3.63, 3.8) is 0 Å². The Bertz CT molecular complexity index is 451. The quantitative estimate of drug-likeness (QED) is 0.632. The van der Waals surface area contributed by atoms with Crippen LogP contribution < -0.4 is 0 Å². The summed E-state index contributed by atoms with van der Waals surface area (Å²) in [6.07, 6.45) is 0.643. The van der Waals surface area contributed by atoms with E-state index >= 15 is 0 Å². The van der Waals surface area contributed by atoms with Gasteiger partial charge in [0.15, 0.2) is 0 Å². The van der Waals surface area contributed by atoms with Gasteiger partial charge >= 0.3 is 5.97 Å². The van der Waals surface area contributed by atoms with Gasteiger partial charge in [-0.05, 0) is 35.7 Å². The highest BCUT2D eigenvalue weighted by Gasteiger charge is 2.64. The number of carbonyl (C=O) groups excluding carboxylic acids is 1. The molecule has 0 aromatic rings. The Morgan fingerprint density at radius 2 is 2.06 bits per heavy atom. The van der Waals surface area contributed by atoms with Gasteiger partial charge < -0.3 is 14.9 Å². The topological polar surface area (TPSA) is 66.8 Å². The number of aliphatic hydroxyl groups is 2. The van der Waals surface area contributed by atoms with Crippen molar-refractivity contribution in [3.05, 3.63) is 11.1 Å². The van der Waals surface area contributed by atoms with E-state index in [-0.39, 0.29) is 23.9 Å².